The number of carbonyl (C=O) groups is 1. The highest BCUT2D eigenvalue weighted by atomic mass is 16.3. The van der Waals surface area contributed by atoms with Crippen molar-refractivity contribution in [2.45, 2.75) is 44.7 Å². The Morgan fingerprint density at radius 2 is 1.92 bits per heavy atom. The number of hydrazine groups is 1. The van der Waals surface area contributed by atoms with Gasteiger partial charge in [0, 0.05) is 17.7 Å². The molecule has 1 aromatic carbocycles. The number of furan rings is 1. The van der Waals surface area contributed by atoms with Crippen molar-refractivity contribution in [2.75, 3.05) is 0 Å². The summed E-state index contributed by atoms with van der Waals surface area (Å²) in [5.41, 5.74) is 7.85. The first-order valence-electron chi connectivity index (χ1n) is 8.66. The van der Waals surface area contributed by atoms with Crippen LogP contribution in [0.15, 0.2) is 64.5 Å². The Balaban J connectivity index is 1.66. The zero-order chi connectivity index (χ0) is 16.4. The van der Waals surface area contributed by atoms with Gasteiger partial charge in [0.1, 0.15) is 0 Å². The minimum Gasteiger partial charge on any atom is -0.472 e. The van der Waals surface area contributed by atoms with E-state index in [9.17, 15) is 4.79 Å². The third kappa shape index (κ3) is 3.02. The molecule has 24 heavy (non-hydrogen) atoms. The van der Waals surface area contributed by atoms with Crippen LogP contribution < -0.4 is 5.43 Å². The number of nitrogens with one attached hydrogen (secondary N) is 1. The fourth-order valence-corrected chi connectivity index (χ4v) is 3.82. The van der Waals surface area contributed by atoms with E-state index in [2.05, 4.69) is 34.7 Å². The molecular weight excluding hydrogens is 300 g/mol. The number of carbonyl (C=O) groups excluding carboxylic acids is 1. The van der Waals surface area contributed by atoms with Crippen molar-refractivity contribution in [3.63, 3.8) is 0 Å². The van der Waals surface area contributed by atoms with Gasteiger partial charge in [-0.2, -0.15) is 0 Å². The molecule has 1 aliphatic carbocycles. The van der Waals surface area contributed by atoms with Crippen LogP contribution in [0.1, 0.15) is 36.8 Å². The number of rotatable bonds is 4. The molecule has 1 amide bonds. The molecule has 0 spiro atoms. The molecule has 0 saturated heterocycles. The van der Waals surface area contributed by atoms with Crippen molar-refractivity contribution < 1.29 is 9.21 Å². The molecule has 1 unspecified atom stereocenters. The van der Waals surface area contributed by atoms with Crippen molar-refractivity contribution in [1.29, 1.82) is 0 Å². The van der Waals surface area contributed by atoms with Gasteiger partial charge in [-0.1, -0.05) is 30.3 Å². The Morgan fingerprint density at radius 1 is 1.08 bits per heavy atom. The predicted octanol–water partition coefficient (Wildman–Crippen LogP) is 3.61. The molecule has 2 aromatic rings. The highest BCUT2D eigenvalue weighted by Crippen LogP contribution is 2.34. The van der Waals surface area contributed by atoms with E-state index in [1.54, 1.807) is 12.5 Å². The normalized spacial score (nSPS) is 21.5. The summed E-state index contributed by atoms with van der Waals surface area (Å²) in [5.74, 6) is 0.0810. The van der Waals surface area contributed by atoms with Gasteiger partial charge in [-0.3, -0.25) is 10.2 Å². The third-order valence-electron chi connectivity index (χ3n) is 5.01. The standard InChI is InChI=1S/C20H22N2O2/c23-20-18-9-5-4-8-17(18)19(12-15-6-2-1-3-7-15)22(21-20)13-16-10-11-24-14-16/h1-3,6-7,10-11,14,19H,4-5,8-9,12-13H2,(H,21,23). The van der Waals surface area contributed by atoms with Gasteiger partial charge in [0.2, 0.25) is 0 Å². The van der Waals surface area contributed by atoms with Crippen LogP contribution in [0.4, 0.5) is 0 Å². The number of hydrogen-bond acceptors (Lipinski definition) is 3. The minimum atomic E-state index is 0.0810. The van der Waals surface area contributed by atoms with E-state index in [1.807, 2.05) is 12.1 Å². The number of benzene rings is 1. The lowest BCUT2D eigenvalue weighted by atomic mass is 9.83. The number of hydrogen-bond donors (Lipinski definition) is 1. The zero-order valence-electron chi connectivity index (χ0n) is 13.7. The molecule has 1 aromatic heterocycles. The Labute approximate surface area is 142 Å². The van der Waals surface area contributed by atoms with Gasteiger partial charge in [0.25, 0.3) is 5.91 Å². The van der Waals surface area contributed by atoms with Gasteiger partial charge in [-0.25, -0.2) is 5.01 Å². The summed E-state index contributed by atoms with van der Waals surface area (Å²) in [6.07, 6.45) is 8.57. The summed E-state index contributed by atoms with van der Waals surface area (Å²) in [6, 6.07) is 12.7. The highest BCUT2D eigenvalue weighted by Gasteiger charge is 2.35. The second kappa shape index (κ2) is 6.65. The second-order valence-corrected chi connectivity index (χ2v) is 6.62. The van der Waals surface area contributed by atoms with E-state index < -0.39 is 0 Å². The minimum absolute atomic E-state index is 0.0810. The summed E-state index contributed by atoms with van der Waals surface area (Å²) < 4.78 is 5.19. The largest absolute Gasteiger partial charge is 0.472 e. The maximum absolute atomic E-state index is 12.5. The SMILES string of the molecule is O=C1NN(Cc2ccoc2)C(Cc2ccccc2)C2=C1CCCC2. The van der Waals surface area contributed by atoms with Crippen LogP contribution in [0.3, 0.4) is 0 Å². The van der Waals surface area contributed by atoms with Crippen LogP contribution >= 0.6 is 0 Å². The Hall–Kier alpha value is -2.33. The van der Waals surface area contributed by atoms with Gasteiger partial charge >= 0.3 is 0 Å². The average Bonchev–Trinajstić information content (AvgIpc) is 3.12. The molecule has 0 saturated carbocycles. The maximum atomic E-state index is 12.5. The highest BCUT2D eigenvalue weighted by molar-refractivity contribution is 5.95. The molecule has 0 radical (unpaired) electrons. The van der Waals surface area contributed by atoms with Gasteiger partial charge in [0.05, 0.1) is 18.6 Å². The van der Waals surface area contributed by atoms with E-state index in [0.29, 0.717) is 6.54 Å². The van der Waals surface area contributed by atoms with E-state index in [4.69, 9.17) is 4.42 Å². The quantitative estimate of drug-likeness (QED) is 0.935. The van der Waals surface area contributed by atoms with Gasteiger partial charge < -0.3 is 4.42 Å². The molecule has 1 aliphatic heterocycles. The fourth-order valence-electron chi connectivity index (χ4n) is 3.82. The topological polar surface area (TPSA) is 45.5 Å². The van der Waals surface area contributed by atoms with E-state index >= 15 is 0 Å². The van der Waals surface area contributed by atoms with Crippen molar-refractivity contribution >= 4 is 5.91 Å². The first-order valence-corrected chi connectivity index (χ1v) is 8.66. The smallest absolute Gasteiger partial charge is 0.261 e. The van der Waals surface area contributed by atoms with E-state index in [0.717, 1.165) is 36.8 Å². The summed E-state index contributed by atoms with van der Waals surface area (Å²) >= 11 is 0. The van der Waals surface area contributed by atoms with Gasteiger partial charge in [-0.15, -0.1) is 0 Å². The maximum Gasteiger partial charge on any atom is 0.261 e. The lowest BCUT2D eigenvalue weighted by Gasteiger charge is -2.40. The van der Waals surface area contributed by atoms with Crippen molar-refractivity contribution in [1.82, 2.24) is 10.4 Å². The lowest BCUT2D eigenvalue weighted by molar-refractivity contribution is -0.125. The predicted molar refractivity (Wildman–Crippen MR) is 91.8 cm³/mol. The molecule has 0 fully saturated rings. The summed E-state index contributed by atoms with van der Waals surface area (Å²) in [5, 5.41) is 2.09. The molecule has 4 heteroatoms. The van der Waals surface area contributed by atoms with Crippen molar-refractivity contribution in [2.24, 2.45) is 0 Å². The van der Waals surface area contributed by atoms with E-state index in [-0.39, 0.29) is 11.9 Å². The summed E-state index contributed by atoms with van der Waals surface area (Å²) in [7, 11) is 0. The molecule has 0 bridgehead atoms. The van der Waals surface area contributed by atoms with Crippen LogP contribution in [0, 0.1) is 0 Å². The van der Waals surface area contributed by atoms with Crippen molar-refractivity contribution in [3.8, 4) is 0 Å². The molecule has 124 valence electrons. The monoisotopic (exact) mass is 322 g/mol. The van der Waals surface area contributed by atoms with Crippen LogP contribution in [-0.2, 0) is 17.8 Å². The third-order valence-corrected chi connectivity index (χ3v) is 5.01. The summed E-state index contributed by atoms with van der Waals surface area (Å²) in [4.78, 5) is 12.5. The number of nitrogens with zero attached hydrogens (tertiary/aromatic N) is 1. The number of amides is 1. The van der Waals surface area contributed by atoms with Gasteiger partial charge in [0.15, 0.2) is 0 Å². The Morgan fingerprint density at radius 3 is 2.71 bits per heavy atom. The van der Waals surface area contributed by atoms with Gasteiger partial charge in [-0.05, 0) is 49.3 Å². The molecule has 1 atom stereocenters. The Kier molecular flexibility index (Phi) is 4.22. The molecule has 4 nitrogen and oxygen atoms in total. The summed E-state index contributed by atoms with van der Waals surface area (Å²) in [6.45, 7) is 0.663. The zero-order valence-corrected chi connectivity index (χ0v) is 13.7. The Bertz CT molecular complexity index is 734. The fraction of sp³-hybridized carbons (Fsp3) is 0.350. The van der Waals surface area contributed by atoms with Crippen LogP contribution in [-0.4, -0.2) is 17.0 Å². The average molecular weight is 322 g/mol. The molecule has 1 N–H and O–H groups in total. The van der Waals surface area contributed by atoms with Crippen LogP contribution in [0.5, 0.6) is 0 Å². The van der Waals surface area contributed by atoms with E-state index in [1.165, 1.54) is 17.6 Å². The first-order chi connectivity index (χ1) is 11.8. The van der Waals surface area contributed by atoms with Crippen LogP contribution in [0.25, 0.3) is 0 Å². The first kappa shape index (κ1) is 15.2. The molecule has 2 heterocycles. The molecule has 4 rings (SSSR count). The molecular formula is C20H22N2O2. The van der Waals surface area contributed by atoms with Crippen molar-refractivity contribution in [3.05, 3.63) is 71.2 Å². The molecule has 2 aliphatic rings. The lowest BCUT2D eigenvalue weighted by Crippen LogP contribution is -2.54. The second-order valence-electron chi connectivity index (χ2n) is 6.62. The van der Waals surface area contributed by atoms with Crippen LogP contribution in [0.2, 0.25) is 0 Å².